The smallest absolute Gasteiger partial charge is 0.257 e. The number of hydrogen-bond donors (Lipinski definition) is 1. The van der Waals surface area contributed by atoms with E-state index in [0.29, 0.717) is 34.1 Å². The summed E-state index contributed by atoms with van der Waals surface area (Å²) in [6.45, 7) is 1.61. The second-order valence-corrected chi connectivity index (χ2v) is 9.06. The summed E-state index contributed by atoms with van der Waals surface area (Å²) in [7, 11) is 1.54. The molecule has 4 rings (SSSR count). The molecule has 3 aromatic rings. The normalized spacial score (nSPS) is 15.0. The molecule has 0 bridgehead atoms. The summed E-state index contributed by atoms with van der Waals surface area (Å²) >= 11 is 6.12. The molecular weight excluding hydrogens is 494 g/mol. The average Bonchev–Trinajstić information content (AvgIpc) is 3.17. The zero-order valence-corrected chi connectivity index (χ0v) is 21.2. The van der Waals surface area contributed by atoms with Gasteiger partial charge in [0.2, 0.25) is 11.8 Å². The number of amides is 4. The van der Waals surface area contributed by atoms with Gasteiger partial charge < -0.3 is 15.0 Å². The number of imide groups is 1. The van der Waals surface area contributed by atoms with Gasteiger partial charge in [-0.3, -0.25) is 19.2 Å². The first-order chi connectivity index (χ1) is 17.8. The largest absolute Gasteiger partial charge is 0.497 e. The van der Waals surface area contributed by atoms with Gasteiger partial charge in [0.15, 0.2) is 0 Å². The summed E-state index contributed by atoms with van der Waals surface area (Å²) in [4.78, 5) is 53.9. The number of methoxy groups -OCH3 is 1. The Morgan fingerprint density at radius 1 is 1.05 bits per heavy atom. The third-order valence-corrected chi connectivity index (χ3v) is 6.31. The molecule has 0 aliphatic carbocycles. The molecule has 0 radical (unpaired) electrons. The zero-order valence-electron chi connectivity index (χ0n) is 20.4. The minimum atomic E-state index is -0.962. The minimum absolute atomic E-state index is 0.135. The molecule has 3 aromatic carbocycles. The molecular formula is C28H26ClN3O5. The molecule has 4 amide bonds. The Bertz CT molecular complexity index is 1320. The minimum Gasteiger partial charge on any atom is -0.497 e. The van der Waals surface area contributed by atoms with Gasteiger partial charge in [0.05, 0.1) is 19.2 Å². The first kappa shape index (κ1) is 25.9. The molecule has 190 valence electrons. The first-order valence-corrected chi connectivity index (χ1v) is 12.1. The van der Waals surface area contributed by atoms with E-state index in [0.717, 1.165) is 10.5 Å². The van der Waals surface area contributed by atoms with Gasteiger partial charge in [-0.2, -0.15) is 0 Å². The molecule has 1 N–H and O–H groups in total. The lowest BCUT2D eigenvalue weighted by atomic mass is 10.1. The van der Waals surface area contributed by atoms with Gasteiger partial charge in [-0.25, -0.2) is 4.90 Å². The van der Waals surface area contributed by atoms with Gasteiger partial charge in [0.1, 0.15) is 11.8 Å². The van der Waals surface area contributed by atoms with Crippen molar-refractivity contribution in [2.75, 3.05) is 23.9 Å². The van der Waals surface area contributed by atoms with Crippen molar-refractivity contribution in [1.29, 1.82) is 0 Å². The summed E-state index contributed by atoms with van der Waals surface area (Å²) in [5.74, 6) is -0.877. The molecule has 0 aromatic heterocycles. The molecule has 1 saturated heterocycles. The number of hydrogen-bond acceptors (Lipinski definition) is 5. The van der Waals surface area contributed by atoms with E-state index in [9.17, 15) is 19.2 Å². The average molecular weight is 520 g/mol. The van der Waals surface area contributed by atoms with Crippen LogP contribution in [0.15, 0.2) is 72.8 Å². The highest BCUT2D eigenvalue weighted by atomic mass is 35.5. The number of benzene rings is 3. The van der Waals surface area contributed by atoms with Crippen molar-refractivity contribution < 1.29 is 23.9 Å². The first-order valence-electron chi connectivity index (χ1n) is 11.7. The van der Waals surface area contributed by atoms with Crippen molar-refractivity contribution in [3.63, 3.8) is 0 Å². The SMILES string of the molecule is COc1ccc(C(=O)N(CCc2cccc(Cl)c2)C2CC(=O)N(c3ccc(NC(C)=O)cc3)C2=O)cc1. The third kappa shape index (κ3) is 5.98. The molecule has 9 heteroatoms. The molecule has 37 heavy (non-hydrogen) atoms. The number of carbonyl (C=O) groups excluding carboxylic acids is 4. The summed E-state index contributed by atoms with van der Waals surface area (Å²) in [5, 5.41) is 3.23. The Morgan fingerprint density at radius 2 is 1.76 bits per heavy atom. The van der Waals surface area contributed by atoms with Crippen LogP contribution in [-0.2, 0) is 20.8 Å². The van der Waals surface area contributed by atoms with Crippen molar-refractivity contribution in [2.24, 2.45) is 0 Å². The Labute approximate surface area is 219 Å². The number of rotatable bonds is 8. The topological polar surface area (TPSA) is 96.0 Å². The maximum atomic E-state index is 13.6. The third-order valence-electron chi connectivity index (χ3n) is 6.07. The second-order valence-electron chi connectivity index (χ2n) is 8.62. The maximum absolute atomic E-state index is 13.6. The molecule has 1 aliphatic rings. The van der Waals surface area contributed by atoms with E-state index < -0.39 is 17.9 Å². The Kier molecular flexibility index (Phi) is 7.89. The fourth-order valence-electron chi connectivity index (χ4n) is 4.27. The predicted octanol–water partition coefficient (Wildman–Crippen LogP) is 4.32. The van der Waals surface area contributed by atoms with E-state index in [4.69, 9.17) is 16.3 Å². The van der Waals surface area contributed by atoms with Gasteiger partial charge >= 0.3 is 0 Å². The van der Waals surface area contributed by atoms with E-state index in [1.54, 1.807) is 54.6 Å². The van der Waals surface area contributed by atoms with E-state index >= 15 is 0 Å². The van der Waals surface area contributed by atoms with Crippen LogP contribution in [0.25, 0.3) is 0 Å². The van der Waals surface area contributed by atoms with Gasteiger partial charge in [-0.15, -0.1) is 0 Å². The van der Waals surface area contributed by atoms with Crippen molar-refractivity contribution in [3.05, 3.63) is 88.9 Å². The van der Waals surface area contributed by atoms with Gasteiger partial charge in [-0.1, -0.05) is 23.7 Å². The zero-order chi connectivity index (χ0) is 26.5. The van der Waals surface area contributed by atoms with E-state index in [1.165, 1.54) is 18.9 Å². The fraction of sp³-hybridized carbons (Fsp3) is 0.214. The second kappa shape index (κ2) is 11.3. The lowest BCUT2D eigenvalue weighted by Gasteiger charge is -2.28. The van der Waals surface area contributed by atoms with Crippen LogP contribution in [0, 0.1) is 0 Å². The quantitative estimate of drug-likeness (QED) is 0.447. The predicted molar refractivity (Wildman–Crippen MR) is 141 cm³/mol. The summed E-state index contributed by atoms with van der Waals surface area (Å²) in [6, 6.07) is 19.3. The number of ether oxygens (including phenoxy) is 1. The molecule has 1 heterocycles. The van der Waals surface area contributed by atoms with Crippen LogP contribution in [0.1, 0.15) is 29.3 Å². The Balaban J connectivity index is 1.61. The van der Waals surface area contributed by atoms with Crippen LogP contribution >= 0.6 is 11.6 Å². The molecule has 1 atom stereocenters. The number of anilines is 2. The van der Waals surface area contributed by atoms with Crippen molar-refractivity contribution in [3.8, 4) is 5.75 Å². The summed E-state index contributed by atoms with van der Waals surface area (Å²) in [5.41, 5.74) is 2.20. The maximum Gasteiger partial charge on any atom is 0.257 e. The molecule has 1 unspecified atom stereocenters. The van der Waals surface area contributed by atoms with E-state index in [-0.39, 0.29) is 24.8 Å². The molecule has 0 saturated carbocycles. The van der Waals surface area contributed by atoms with Crippen LogP contribution in [0.4, 0.5) is 11.4 Å². The van der Waals surface area contributed by atoms with Crippen molar-refractivity contribution in [2.45, 2.75) is 25.8 Å². The highest BCUT2D eigenvalue weighted by Crippen LogP contribution is 2.28. The fourth-order valence-corrected chi connectivity index (χ4v) is 4.48. The molecule has 8 nitrogen and oxygen atoms in total. The van der Waals surface area contributed by atoms with Gasteiger partial charge in [0.25, 0.3) is 11.8 Å². The van der Waals surface area contributed by atoms with E-state index in [1.807, 2.05) is 18.2 Å². The van der Waals surface area contributed by atoms with Crippen LogP contribution < -0.4 is 15.0 Å². The number of halogens is 1. The highest BCUT2D eigenvalue weighted by Gasteiger charge is 2.44. The van der Waals surface area contributed by atoms with Crippen LogP contribution in [0.5, 0.6) is 5.75 Å². The molecule has 1 aliphatic heterocycles. The van der Waals surface area contributed by atoms with Gasteiger partial charge in [-0.05, 0) is 72.6 Å². The highest BCUT2D eigenvalue weighted by molar-refractivity contribution is 6.30. The molecule has 0 spiro atoms. The van der Waals surface area contributed by atoms with Crippen LogP contribution in [-0.4, -0.2) is 48.2 Å². The lowest BCUT2D eigenvalue weighted by Crippen LogP contribution is -2.46. The Morgan fingerprint density at radius 3 is 2.38 bits per heavy atom. The van der Waals surface area contributed by atoms with Crippen LogP contribution in [0.3, 0.4) is 0 Å². The van der Waals surface area contributed by atoms with E-state index in [2.05, 4.69) is 5.32 Å². The lowest BCUT2D eigenvalue weighted by molar-refractivity contribution is -0.122. The van der Waals surface area contributed by atoms with Gasteiger partial charge in [0, 0.05) is 29.7 Å². The van der Waals surface area contributed by atoms with Crippen molar-refractivity contribution in [1.82, 2.24) is 4.90 Å². The number of nitrogens with zero attached hydrogens (tertiary/aromatic N) is 2. The number of carbonyl (C=O) groups is 4. The standard InChI is InChI=1S/C28H26ClN3O5/c1-18(33)30-22-8-10-23(11-9-22)32-26(34)17-25(28(32)36)31(15-14-19-4-3-5-21(29)16-19)27(35)20-6-12-24(37-2)13-7-20/h3-13,16,25H,14-15,17H2,1-2H3,(H,30,33). The monoisotopic (exact) mass is 519 g/mol. The van der Waals surface area contributed by atoms with Crippen molar-refractivity contribution >= 4 is 46.6 Å². The van der Waals surface area contributed by atoms with Crippen LogP contribution in [0.2, 0.25) is 5.02 Å². The Hall–Kier alpha value is -4.17. The number of nitrogens with one attached hydrogen (secondary N) is 1. The summed E-state index contributed by atoms with van der Waals surface area (Å²) < 4.78 is 5.18. The summed E-state index contributed by atoms with van der Waals surface area (Å²) in [6.07, 6.45) is 0.315. The molecule has 1 fully saturated rings.